The highest BCUT2D eigenvalue weighted by Gasteiger charge is 2.00. The van der Waals surface area contributed by atoms with Gasteiger partial charge in [0.1, 0.15) is 0 Å². The summed E-state index contributed by atoms with van der Waals surface area (Å²) < 4.78 is 5.17. The number of thioether (sulfide) groups is 1. The molecule has 0 amide bonds. The van der Waals surface area contributed by atoms with Gasteiger partial charge in [0.05, 0.1) is 7.11 Å². The summed E-state index contributed by atoms with van der Waals surface area (Å²) in [5.74, 6) is 2.80. The molecule has 0 fully saturated rings. The molecule has 0 saturated heterocycles. The summed E-state index contributed by atoms with van der Waals surface area (Å²) >= 11 is 1.86. The lowest BCUT2D eigenvalue weighted by atomic mass is 10.4. The van der Waals surface area contributed by atoms with Gasteiger partial charge < -0.3 is 10.1 Å². The average Bonchev–Trinajstić information content (AvgIpc) is 2.25. The maximum Gasteiger partial charge on any atom is 0.168 e. The van der Waals surface area contributed by atoms with Crippen LogP contribution in [0, 0.1) is 0 Å². The molecule has 0 aromatic carbocycles. The number of pyridine rings is 1. The lowest BCUT2D eigenvalue weighted by Gasteiger charge is -2.08. The van der Waals surface area contributed by atoms with Crippen molar-refractivity contribution in [2.24, 2.45) is 0 Å². The van der Waals surface area contributed by atoms with E-state index in [1.165, 1.54) is 5.75 Å². The number of nitrogens with zero attached hydrogens (tertiary/aromatic N) is 1. The van der Waals surface area contributed by atoms with Gasteiger partial charge in [0.25, 0.3) is 0 Å². The third kappa shape index (κ3) is 3.46. The van der Waals surface area contributed by atoms with Gasteiger partial charge in [-0.1, -0.05) is 0 Å². The Morgan fingerprint density at radius 3 is 3.14 bits per heavy atom. The Labute approximate surface area is 89.3 Å². The zero-order valence-electron chi connectivity index (χ0n) is 8.62. The first-order valence-electron chi connectivity index (χ1n) is 4.60. The smallest absolute Gasteiger partial charge is 0.168 e. The zero-order chi connectivity index (χ0) is 10.2. The standard InChI is InChI=1S/C10H16N2OS/c1-13-9-5-3-6-11-10(9)12-7-4-8-14-2/h3,5-6H,4,7-8H2,1-2H3,(H,11,12). The second kappa shape index (κ2) is 6.54. The number of nitrogens with one attached hydrogen (secondary N) is 1. The van der Waals surface area contributed by atoms with Crippen LogP contribution in [0.25, 0.3) is 0 Å². The van der Waals surface area contributed by atoms with E-state index < -0.39 is 0 Å². The third-order valence-electron chi connectivity index (χ3n) is 1.81. The van der Waals surface area contributed by atoms with Crippen LogP contribution in [0.3, 0.4) is 0 Å². The normalized spacial score (nSPS) is 9.86. The van der Waals surface area contributed by atoms with Crippen LogP contribution in [0.15, 0.2) is 18.3 Å². The molecule has 4 heteroatoms. The number of ether oxygens (including phenoxy) is 1. The summed E-state index contributed by atoms with van der Waals surface area (Å²) in [5, 5.41) is 3.25. The molecule has 0 radical (unpaired) electrons. The summed E-state index contributed by atoms with van der Waals surface area (Å²) in [6, 6.07) is 3.77. The SMILES string of the molecule is COc1cccnc1NCCCSC. The Kier molecular flexibility index (Phi) is 5.22. The van der Waals surface area contributed by atoms with Crippen LogP contribution in [0.1, 0.15) is 6.42 Å². The lowest BCUT2D eigenvalue weighted by Crippen LogP contribution is -2.05. The molecule has 14 heavy (non-hydrogen) atoms. The third-order valence-corrected chi connectivity index (χ3v) is 2.51. The van der Waals surface area contributed by atoms with E-state index in [0.717, 1.165) is 24.5 Å². The van der Waals surface area contributed by atoms with Gasteiger partial charge in [0.15, 0.2) is 11.6 Å². The van der Waals surface area contributed by atoms with Crippen LogP contribution in [0.4, 0.5) is 5.82 Å². The van der Waals surface area contributed by atoms with E-state index in [1.807, 2.05) is 23.9 Å². The van der Waals surface area contributed by atoms with Crippen molar-refractivity contribution < 1.29 is 4.74 Å². The van der Waals surface area contributed by atoms with Gasteiger partial charge in [-0.3, -0.25) is 0 Å². The minimum absolute atomic E-state index is 0.802. The maximum absolute atomic E-state index is 5.17. The van der Waals surface area contributed by atoms with Crippen LogP contribution >= 0.6 is 11.8 Å². The van der Waals surface area contributed by atoms with Crippen molar-refractivity contribution in [3.05, 3.63) is 18.3 Å². The molecule has 0 atom stereocenters. The van der Waals surface area contributed by atoms with Gasteiger partial charge in [0, 0.05) is 12.7 Å². The van der Waals surface area contributed by atoms with E-state index in [1.54, 1.807) is 13.3 Å². The Bertz CT molecular complexity index is 268. The summed E-state index contributed by atoms with van der Waals surface area (Å²) in [7, 11) is 1.66. The predicted molar refractivity (Wildman–Crippen MR) is 62.3 cm³/mol. The lowest BCUT2D eigenvalue weighted by molar-refractivity contribution is 0.415. The minimum atomic E-state index is 0.802. The van der Waals surface area contributed by atoms with E-state index in [2.05, 4.69) is 16.6 Å². The van der Waals surface area contributed by atoms with Gasteiger partial charge >= 0.3 is 0 Å². The monoisotopic (exact) mass is 212 g/mol. The number of hydrogen-bond donors (Lipinski definition) is 1. The van der Waals surface area contributed by atoms with Gasteiger partial charge in [-0.2, -0.15) is 11.8 Å². The molecule has 3 nitrogen and oxygen atoms in total. The highest BCUT2D eigenvalue weighted by molar-refractivity contribution is 7.98. The number of anilines is 1. The van der Waals surface area contributed by atoms with Crippen molar-refractivity contribution in [3.63, 3.8) is 0 Å². The van der Waals surface area contributed by atoms with E-state index >= 15 is 0 Å². The van der Waals surface area contributed by atoms with Gasteiger partial charge in [0.2, 0.25) is 0 Å². The number of rotatable bonds is 6. The topological polar surface area (TPSA) is 34.1 Å². The van der Waals surface area contributed by atoms with Crippen molar-refractivity contribution in [2.45, 2.75) is 6.42 Å². The quantitative estimate of drug-likeness (QED) is 0.733. The molecule has 0 aliphatic carbocycles. The summed E-state index contributed by atoms with van der Waals surface area (Å²) in [6.07, 6.45) is 5.02. The van der Waals surface area contributed by atoms with Crippen molar-refractivity contribution in [1.29, 1.82) is 0 Å². The Morgan fingerprint density at radius 1 is 1.57 bits per heavy atom. The molecular formula is C10H16N2OS. The van der Waals surface area contributed by atoms with Crippen LogP contribution in [0.2, 0.25) is 0 Å². The fourth-order valence-corrected chi connectivity index (χ4v) is 1.54. The molecule has 0 aliphatic heterocycles. The van der Waals surface area contributed by atoms with Crippen molar-refractivity contribution >= 4 is 17.6 Å². The first-order valence-corrected chi connectivity index (χ1v) is 5.99. The van der Waals surface area contributed by atoms with Crippen LogP contribution in [-0.4, -0.2) is 30.6 Å². The summed E-state index contributed by atoms with van der Waals surface area (Å²) in [5.41, 5.74) is 0. The molecule has 0 unspecified atom stereocenters. The zero-order valence-corrected chi connectivity index (χ0v) is 9.43. The summed E-state index contributed by atoms with van der Waals surface area (Å²) in [4.78, 5) is 4.20. The Morgan fingerprint density at radius 2 is 2.43 bits per heavy atom. The Hall–Kier alpha value is -0.900. The van der Waals surface area contributed by atoms with E-state index in [0.29, 0.717) is 0 Å². The molecule has 0 spiro atoms. The van der Waals surface area contributed by atoms with Crippen molar-refractivity contribution in [3.8, 4) is 5.75 Å². The summed E-state index contributed by atoms with van der Waals surface area (Å²) in [6.45, 7) is 0.939. The number of aromatic nitrogens is 1. The molecule has 1 rings (SSSR count). The van der Waals surface area contributed by atoms with Crippen molar-refractivity contribution in [1.82, 2.24) is 4.98 Å². The first-order chi connectivity index (χ1) is 6.88. The molecule has 0 saturated carbocycles. The second-order valence-corrected chi connectivity index (χ2v) is 3.81. The predicted octanol–water partition coefficient (Wildman–Crippen LogP) is 2.26. The molecular weight excluding hydrogens is 196 g/mol. The fourth-order valence-electron chi connectivity index (χ4n) is 1.11. The minimum Gasteiger partial charge on any atom is -0.493 e. The first kappa shape index (κ1) is 11.2. The van der Waals surface area contributed by atoms with Gasteiger partial charge in [-0.25, -0.2) is 4.98 Å². The van der Waals surface area contributed by atoms with Crippen molar-refractivity contribution in [2.75, 3.05) is 31.0 Å². The van der Waals surface area contributed by atoms with Crippen LogP contribution in [-0.2, 0) is 0 Å². The molecule has 0 bridgehead atoms. The van der Waals surface area contributed by atoms with Crippen LogP contribution in [0.5, 0.6) is 5.75 Å². The average molecular weight is 212 g/mol. The molecule has 1 heterocycles. The second-order valence-electron chi connectivity index (χ2n) is 2.83. The molecule has 1 aromatic rings. The number of methoxy groups -OCH3 is 1. The van der Waals surface area contributed by atoms with Crippen LogP contribution < -0.4 is 10.1 Å². The fraction of sp³-hybridized carbons (Fsp3) is 0.500. The molecule has 1 aromatic heterocycles. The highest BCUT2D eigenvalue weighted by atomic mass is 32.2. The van der Waals surface area contributed by atoms with E-state index in [4.69, 9.17) is 4.74 Å². The molecule has 0 aliphatic rings. The Balaban J connectivity index is 2.41. The van der Waals surface area contributed by atoms with E-state index in [9.17, 15) is 0 Å². The number of hydrogen-bond acceptors (Lipinski definition) is 4. The maximum atomic E-state index is 5.17. The highest BCUT2D eigenvalue weighted by Crippen LogP contribution is 2.19. The van der Waals surface area contributed by atoms with Gasteiger partial charge in [-0.05, 0) is 30.6 Å². The largest absolute Gasteiger partial charge is 0.493 e. The molecule has 78 valence electrons. The van der Waals surface area contributed by atoms with E-state index in [-0.39, 0.29) is 0 Å². The molecule has 1 N–H and O–H groups in total. The van der Waals surface area contributed by atoms with Gasteiger partial charge in [-0.15, -0.1) is 0 Å².